The zero-order chi connectivity index (χ0) is 18.9. The maximum absolute atomic E-state index is 12.5. The summed E-state index contributed by atoms with van der Waals surface area (Å²) in [5.41, 5.74) is 2.61. The van der Waals surface area contributed by atoms with Gasteiger partial charge in [0.05, 0.1) is 6.61 Å². The summed E-state index contributed by atoms with van der Waals surface area (Å²) in [6, 6.07) is 25.4. The summed E-state index contributed by atoms with van der Waals surface area (Å²) in [7, 11) is 0. The number of anilines is 1. The van der Waals surface area contributed by atoms with E-state index in [2.05, 4.69) is 24.4 Å². The van der Waals surface area contributed by atoms with Gasteiger partial charge in [-0.3, -0.25) is 4.79 Å². The number of nitrogens with one attached hydrogen (secondary N) is 1. The molecule has 138 valence electrons. The number of carbonyl (C=O) groups excluding carboxylic acids is 1. The van der Waals surface area contributed by atoms with Crippen molar-refractivity contribution in [1.29, 1.82) is 0 Å². The SMILES string of the molecule is CCc1ccccc1NC(=O)c1ccc(OCCSc2ccccc2)cc1. The molecule has 0 spiro atoms. The van der Waals surface area contributed by atoms with E-state index in [1.807, 2.05) is 54.6 Å². The maximum Gasteiger partial charge on any atom is 0.255 e. The lowest BCUT2D eigenvalue weighted by atomic mass is 10.1. The number of ether oxygens (including phenoxy) is 1. The predicted molar refractivity (Wildman–Crippen MR) is 113 cm³/mol. The van der Waals surface area contributed by atoms with E-state index in [0.717, 1.165) is 29.2 Å². The standard InChI is InChI=1S/C23H23NO2S/c1-2-18-8-6-7-11-22(18)24-23(25)19-12-14-20(15-13-19)26-16-17-27-21-9-4-3-5-10-21/h3-15H,2,16-17H2,1H3,(H,24,25). The Labute approximate surface area is 164 Å². The van der Waals surface area contributed by atoms with Gasteiger partial charge in [-0.25, -0.2) is 0 Å². The maximum atomic E-state index is 12.5. The number of amides is 1. The molecule has 0 unspecified atom stereocenters. The number of para-hydroxylation sites is 1. The first-order chi connectivity index (χ1) is 13.3. The number of carbonyl (C=O) groups is 1. The highest BCUT2D eigenvalue weighted by Gasteiger charge is 2.08. The van der Waals surface area contributed by atoms with E-state index in [4.69, 9.17) is 4.74 Å². The summed E-state index contributed by atoms with van der Waals surface area (Å²) in [6.07, 6.45) is 0.879. The second-order valence-corrected chi connectivity index (χ2v) is 7.17. The molecule has 3 nitrogen and oxygen atoms in total. The Hall–Kier alpha value is -2.72. The predicted octanol–water partition coefficient (Wildman–Crippen LogP) is 5.67. The molecule has 4 heteroatoms. The monoisotopic (exact) mass is 377 g/mol. The second kappa shape index (κ2) is 9.83. The van der Waals surface area contributed by atoms with Gasteiger partial charge < -0.3 is 10.1 Å². The van der Waals surface area contributed by atoms with E-state index in [1.165, 1.54) is 4.90 Å². The third-order valence-electron chi connectivity index (χ3n) is 4.13. The summed E-state index contributed by atoms with van der Waals surface area (Å²) < 4.78 is 5.76. The first-order valence-electron chi connectivity index (χ1n) is 9.06. The zero-order valence-corrected chi connectivity index (χ0v) is 16.2. The van der Waals surface area contributed by atoms with Gasteiger partial charge in [0.15, 0.2) is 0 Å². The Kier molecular flexibility index (Phi) is 6.94. The van der Waals surface area contributed by atoms with Crippen molar-refractivity contribution in [2.24, 2.45) is 0 Å². The molecule has 0 aliphatic rings. The highest BCUT2D eigenvalue weighted by molar-refractivity contribution is 7.99. The van der Waals surface area contributed by atoms with Crippen LogP contribution < -0.4 is 10.1 Å². The fraction of sp³-hybridized carbons (Fsp3) is 0.174. The Morgan fingerprint density at radius 1 is 0.926 bits per heavy atom. The number of hydrogen-bond acceptors (Lipinski definition) is 3. The number of benzene rings is 3. The number of aryl methyl sites for hydroxylation is 1. The molecular weight excluding hydrogens is 354 g/mol. The quantitative estimate of drug-likeness (QED) is 0.406. The Bertz CT molecular complexity index is 863. The minimum atomic E-state index is -0.109. The van der Waals surface area contributed by atoms with Gasteiger partial charge in [0.1, 0.15) is 5.75 Å². The normalized spacial score (nSPS) is 10.4. The van der Waals surface area contributed by atoms with Crippen LogP contribution in [0.3, 0.4) is 0 Å². The minimum Gasteiger partial charge on any atom is -0.493 e. The molecule has 0 saturated heterocycles. The average Bonchev–Trinajstić information content (AvgIpc) is 2.73. The third kappa shape index (κ3) is 5.63. The van der Waals surface area contributed by atoms with Crippen molar-refractivity contribution in [2.45, 2.75) is 18.2 Å². The highest BCUT2D eigenvalue weighted by Crippen LogP contribution is 2.19. The van der Waals surface area contributed by atoms with E-state index in [-0.39, 0.29) is 5.91 Å². The Morgan fingerprint density at radius 3 is 2.37 bits per heavy atom. The van der Waals surface area contributed by atoms with Crippen LogP contribution in [0.5, 0.6) is 5.75 Å². The number of hydrogen-bond donors (Lipinski definition) is 1. The molecular formula is C23H23NO2S. The van der Waals surface area contributed by atoms with E-state index < -0.39 is 0 Å². The van der Waals surface area contributed by atoms with Crippen molar-refractivity contribution < 1.29 is 9.53 Å². The number of thioether (sulfide) groups is 1. The molecule has 0 heterocycles. The fourth-order valence-corrected chi connectivity index (χ4v) is 3.44. The van der Waals surface area contributed by atoms with Gasteiger partial charge >= 0.3 is 0 Å². The van der Waals surface area contributed by atoms with Crippen molar-refractivity contribution in [2.75, 3.05) is 17.7 Å². The van der Waals surface area contributed by atoms with Crippen molar-refractivity contribution in [3.63, 3.8) is 0 Å². The van der Waals surface area contributed by atoms with Crippen LogP contribution in [-0.4, -0.2) is 18.3 Å². The lowest BCUT2D eigenvalue weighted by Gasteiger charge is -2.10. The largest absolute Gasteiger partial charge is 0.493 e. The molecule has 1 N–H and O–H groups in total. The van der Waals surface area contributed by atoms with Crippen molar-refractivity contribution in [1.82, 2.24) is 0 Å². The van der Waals surface area contributed by atoms with Gasteiger partial charge in [0.2, 0.25) is 0 Å². The first kappa shape index (κ1) is 19.1. The van der Waals surface area contributed by atoms with E-state index in [9.17, 15) is 4.79 Å². The average molecular weight is 378 g/mol. The molecule has 0 bridgehead atoms. The zero-order valence-electron chi connectivity index (χ0n) is 15.4. The van der Waals surface area contributed by atoms with Crippen LogP contribution in [0.2, 0.25) is 0 Å². The van der Waals surface area contributed by atoms with Crippen LogP contribution in [0.4, 0.5) is 5.69 Å². The van der Waals surface area contributed by atoms with Gasteiger partial charge in [0.25, 0.3) is 5.91 Å². The van der Waals surface area contributed by atoms with Gasteiger partial charge in [-0.05, 0) is 54.4 Å². The van der Waals surface area contributed by atoms with E-state index in [1.54, 1.807) is 23.9 Å². The summed E-state index contributed by atoms with van der Waals surface area (Å²) >= 11 is 1.76. The molecule has 0 aliphatic heterocycles. The molecule has 3 aromatic carbocycles. The van der Waals surface area contributed by atoms with Crippen LogP contribution in [0.25, 0.3) is 0 Å². The van der Waals surface area contributed by atoms with Crippen LogP contribution in [0.1, 0.15) is 22.8 Å². The molecule has 0 aliphatic carbocycles. The summed E-state index contributed by atoms with van der Waals surface area (Å²) in [4.78, 5) is 13.7. The van der Waals surface area contributed by atoms with Gasteiger partial charge in [-0.1, -0.05) is 43.3 Å². The Balaban J connectivity index is 1.50. The molecule has 0 saturated carbocycles. The first-order valence-corrected chi connectivity index (χ1v) is 10.0. The van der Waals surface area contributed by atoms with Crippen molar-refractivity contribution >= 4 is 23.4 Å². The molecule has 0 fully saturated rings. The summed E-state index contributed by atoms with van der Waals surface area (Å²) in [6.45, 7) is 2.70. The van der Waals surface area contributed by atoms with Gasteiger partial charge in [-0.15, -0.1) is 11.8 Å². The van der Waals surface area contributed by atoms with E-state index in [0.29, 0.717) is 12.2 Å². The fourth-order valence-electron chi connectivity index (χ4n) is 2.68. The smallest absolute Gasteiger partial charge is 0.255 e. The topological polar surface area (TPSA) is 38.3 Å². The second-order valence-electron chi connectivity index (χ2n) is 6.00. The molecule has 0 aromatic heterocycles. The number of rotatable bonds is 8. The molecule has 1 amide bonds. The van der Waals surface area contributed by atoms with Crippen LogP contribution in [0, 0.1) is 0 Å². The van der Waals surface area contributed by atoms with Gasteiger partial charge in [-0.2, -0.15) is 0 Å². The highest BCUT2D eigenvalue weighted by atomic mass is 32.2. The molecule has 3 aromatic rings. The van der Waals surface area contributed by atoms with Crippen LogP contribution in [-0.2, 0) is 6.42 Å². The van der Waals surface area contributed by atoms with Crippen molar-refractivity contribution in [3.8, 4) is 5.75 Å². The Morgan fingerprint density at radius 2 is 1.63 bits per heavy atom. The molecule has 3 rings (SSSR count). The summed E-state index contributed by atoms with van der Waals surface area (Å²) in [5, 5.41) is 2.98. The molecule has 27 heavy (non-hydrogen) atoms. The van der Waals surface area contributed by atoms with Crippen molar-refractivity contribution in [3.05, 3.63) is 90.0 Å². The summed E-state index contributed by atoms with van der Waals surface area (Å²) in [5.74, 6) is 1.54. The van der Waals surface area contributed by atoms with Crippen LogP contribution >= 0.6 is 11.8 Å². The third-order valence-corrected chi connectivity index (χ3v) is 5.10. The lowest BCUT2D eigenvalue weighted by molar-refractivity contribution is 0.102. The van der Waals surface area contributed by atoms with Gasteiger partial charge in [0, 0.05) is 21.9 Å². The lowest BCUT2D eigenvalue weighted by Crippen LogP contribution is -2.13. The molecule has 0 radical (unpaired) electrons. The molecule has 0 atom stereocenters. The minimum absolute atomic E-state index is 0.109. The van der Waals surface area contributed by atoms with Crippen LogP contribution in [0.15, 0.2) is 83.8 Å². The van der Waals surface area contributed by atoms with E-state index >= 15 is 0 Å².